The van der Waals surface area contributed by atoms with Gasteiger partial charge in [0.2, 0.25) is 0 Å². The predicted octanol–water partition coefficient (Wildman–Crippen LogP) is 5.17. The smallest absolute Gasteiger partial charge is 0.270 e. The second-order valence-corrected chi connectivity index (χ2v) is 5.66. The zero-order valence-electron chi connectivity index (χ0n) is 11.7. The minimum absolute atomic E-state index is 0.00762. The highest BCUT2D eigenvalue weighted by atomic mass is 79.9. The van der Waals surface area contributed by atoms with E-state index in [0.29, 0.717) is 21.5 Å². The second-order valence-electron chi connectivity index (χ2n) is 4.81. The van der Waals surface area contributed by atoms with E-state index in [0.717, 1.165) is 10.8 Å². The van der Waals surface area contributed by atoms with Crippen LogP contribution in [-0.4, -0.2) is 4.92 Å². The van der Waals surface area contributed by atoms with Crippen molar-refractivity contribution in [2.24, 2.45) is 0 Å². The third-order valence-corrected chi connectivity index (χ3v) is 3.91. The lowest BCUT2D eigenvalue weighted by atomic mass is 10.1. The molecule has 0 saturated heterocycles. The zero-order chi connectivity index (χ0) is 16.4. The van der Waals surface area contributed by atoms with Crippen molar-refractivity contribution in [1.29, 1.82) is 5.26 Å². The Balaban J connectivity index is 1.92. The summed E-state index contributed by atoms with van der Waals surface area (Å²) >= 11 is 3.28. The van der Waals surface area contributed by atoms with Gasteiger partial charge in [0.05, 0.1) is 21.0 Å². The van der Waals surface area contributed by atoms with Gasteiger partial charge in [-0.2, -0.15) is 5.26 Å². The van der Waals surface area contributed by atoms with Gasteiger partial charge in [-0.25, -0.2) is 0 Å². The fourth-order valence-electron chi connectivity index (χ4n) is 2.17. The van der Waals surface area contributed by atoms with Crippen LogP contribution in [0.2, 0.25) is 0 Å². The van der Waals surface area contributed by atoms with Crippen molar-refractivity contribution < 1.29 is 9.66 Å². The molecule has 0 fully saturated rings. The Labute approximate surface area is 140 Å². The van der Waals surface area contributed by atoms with E-state index in [4.69, 9.17) is 10.00 Å². The summed E-state index contributed by atoms with van der Waals surface area (Å²) in [6.07, 6.45) is 0. The number of halogens is 1. The molecule has 0 aliphatic rings. The van der Waals surface area contributed by atoms with Gasteiger partial charge in [-0.05, 0) is 57.0 Å². The van der Waals surface area contributed by atoms with Crippen molar-refractivity contribution >= 4 is 32.4 Å². The molecule has 0 spiro atoms. The SMILES string of the molecule is N#Cc1ccc2cc(Oc3ccc([N+](=O)[O-])cc3Br)ccc2c1. The van der Waals surface area contributed by atoms with Crippen LogP contribution in [0.1, 0.15) is 5.56 Å². The molecule has 0 N–H and O–H groups in total. The number of rotatable bonds is 3. The van der Waals surface area contributed by atoms with Gasteiger partial charge in [-0.15, -0.1) is 0 Å². The van der Waals surface area contributed by atoms with Crippen molar-refractivity contribution in [3.63, 3.8) is 0 Å². The van der Waals surface area contributed by atoms with E-state index >= 15 is 0 Å². The van der Waals surface area contributed by atoms with Crippen LogP contribution in [0.3, 0.4) is 0 Å². The van der Waals surface area contributed by atoms with E-state index in [1.807, 2.05) is 18.2 Å². The Morgan fingerprint density at radius 1 is 1.04 bits per heavy atom. The highest BCUT2D eigenvalue weighted by molar-refractivity contribution is 9.10. The van der Waals surface area contributed by atoms with Crippen LogP contribution in [0.15, 0.2) is 59.1 Å². The Hall–Kier alpha value is -2.91. The fraction of sp³-hybridized carbons (Fsp3) is 0. The normalized spacial score (nSPS) is 10.3. The Morgan fingerprint density at radius 3 is 2.48 bits per heavy atom. The van der Waals surface area contributed by atoms with E-state index in [1.165, 1.54) is 12.1 Å². The molecule has 0 amide bonds. The van der Waals surface area contributed by atoms with E-state index in [1.54, 1.807) is 24.3 Å². The first-order chi connectivity index (χ1) is 11.1. The topological polar surface area (TPSA) is 76.2 Å². The first-order valence-corrected chi connectivity index (χ1v) is 7.42. The number of fused-ring (bicyclic) bond motifs is 1. The first kappa shape index (κ1) is 15.0. The van der Waals surface area contributed by atoms with Crippen molar-refractivity contribution in [2.45, 2.75) is 0 Å². The van der Waals surface area contributed by atoms with Gasteiger partial charge in [0.1, 0.15) is 11.5 Å². The largest absolute Gasteiger partial charge is 0.456 e. The van der Waals surface area contributed by atoms with Gasteiger partial charge < -0.3 is 4.74 Å². The molecular weight excluding hydrogens is 360 g/mol. The minimum Gasteiger partial charge on any atom is -0.456 e. The number of hydrogen-bond acceptors (Lipinski definition) is 4. The number of nitriles is 1. The maximum absolute atomic E-state index is 10.7. The lowest BCUT2D eigenvalue weighted by Crippen LogP contribution is -1.90. The van der Waals surface area contributed by atoms with E-state index in [9.17, 15) is 10.1 Å². The summed E-state index contributed by atoms with van der Waals surface area (Å²) in [5.74, 6) is 1.10. The summed E-state index contributed by atoms with van der Waals surface area (Å²) in [5, 5.41) is 21.5. The molecule has 3 aromatic carbocycles. The lowest BCUT2D eigenvalue weighted by Gasteiger charge is -2.08. The van der Waals surface area contributed by atoms with Crippen LogP contribution in [-0.2, 0) is 0 Å². The molecule has 23 heavy (non-hydrogen) atoms. The summed E-state index contributed by atoms with van der Waals surface area (Å²) < 4.78 is 6.28. The van der Waals surface area contributed by atoms with Gasteiger partial charge >= 0.3 is 0 Å². The van der Waals surface area contributed by atoms with Crippen LogP contribution in [0.5, 0.6) is 11.5 Å². The summed E-state index contributed by atoms with van der Waals surface area (Å²) in [6, 6.07) is 17.3. The number of ether oxygens (including phenoxy) is 1. The molecule has 112 valence electrons. The number of non-ortho nitro benzene ring substituents is 1. The summed E-state index contributed by atoms with van der Waals surface area (Å²) in [6.45, 7) is 0. The number of hydrogen-bond donors (Lipinski definition) is 0. The molecule has 3 aromatic rings. The van der Waals surface area contributed by atoms with Crippen LogP contribution in [0.25, 0.3) is 10.8 Å². The van der Waals surface area contributed by atoms with Crippen molar-refractivity contribution in [3.8, 4) is 17.6 Å². The van der Waals surface area contributed by atoms with Crippen LogP contribution in [0.4, 0.5) is 5.69 Å². The molecule has 0 aromatic heterocycles. The monoisotopic (exact) mass is 368 g/mol. The number of nitrogens with zero attached hydrogens (tertiary/aromatic N) is 2. The standard InChI is InChI=1S/C17H9BrN2O3/c18-16-9-14(20(21)22)4-6-17(16)23-15-5-3-12-7-11(10-19)1-2-13(12)8-15/h1-9H. The highest BCUT2D eigenvalue weighted by Gasteiger charge is 2.11. The highest BCUT2D eigenvalue weighted by Crippen LogP contribution is 2.33. The lowest BCUT2D eigenvalue weighted by molar-refractivity contribution is -0.384. The van der Waals surface area contributed by atoms with Crippen LogP contribution in [0, 0.1) is 21.4 Å². The molecule has 3 rings (SSSR count). The Bertz CT molecular complexity index is 964. The zero-order valence-corrected chi connectivity index (χ0v) is 13.3. The first-order valence-electron chi connectivity index (χ1n) is 6.62. The molecule has 5 nitrogen and oxygen atoms in total. The molecule has 0 aliphatic carbocycles. The third kappa shape index (κ3) is 3.15. The molecule has 0 radical (unpaired) electrons. The fourth-order valence-corrected chi connectivity index (χ4v) is 2.62. The van der Waals surface area contributed by atoms with Crippen molar-refractivity contribution in [3.05, 3.63) is 74.7 Å². The summed E-state index contributed by atoms with van der Waals surface area (Å²) in [4.78, 5) is 10.3. The van der Waals surface area contributed by atoms with Gasteiger partial charge in [-0.1, -0.05) is 12.1 Å². The van der Waals surface area contributed by atoms with E-state index in [2.05, 4.69) is 22.0 Å². The Kier molecular flexibility index (Phi) is 3.96. The Morgan fingerprint density at radius 2 is 1.78 bits per heavy atom. The number of benzene rings is 3. The maximum atomic E-state index is 10.7. The number of nitro benzene ring substituents is 1. The summed E-state index contributed by atoms with van der Waals surface area (Å²) in [5.41, 5.74) is 0.594. The van der Waals surface area contributed by atoms with Crippen LogP contribution < -0.4 is 4.74 Å². The molecule has 6 heteroatoms. The third-order valence-electron chi connectivity index (χ3n) is 3.29. The molecule has 0 aliphatic heterocycles. The van der Waals surface area contributed by atoms with Crippen molar-refractivity contribution in [1.82, 2.24) is 0 Å². The maximum Gasteiger partial charge on any atom is 0.270 e. The average Bonchev–Trinajstić information content (AvgIpc) is 2.56. The van der Waals surface area contributed by atoms with Gasteiger partial charge in [0.25, 0.3) is 5.69 Å². The second kappa shape index (κ2) is 6.07. The predicted molar refractivity (Wildman–Crippen MR) is 89.5 cm³/mol. The van der Waals surface area contributed by atoms with E-state index < -0.39 is 4.92 Å². The van der Waals surface area contributed by atoms with Crippen LogP contribution >= 0.6 is 15.9 Å². The molecule has 0 heterocycles. The van der Waals surface area contributed by atoms with Gasteiger partial charge in [0.15, 0.2) is 0 Å². The molecular formula is C17H9BrN2O3. The molecule has 0 atom stereocenters. The molecule has 0 saturated carbocycles. The molecule has 0 bridgehead atoms. The minimum atomic E-state index is -0.461. The van der Waals surface area contributed by atoms with Gasteiger partial charge in [-0.3, -0.25) is 10.1 Å². The summed E-state index contributed by atoms with van der Waals surface area (Å²) in [7, 11) is 0. The quantitative estimate of drug-likeness (QED) is 0.471. The van der Waals surface area contributed by atoms with Gasteiger partial charge in [0, 0.05) is 12.1 Å². The molecule has 0 unspecified atom stereocenters. The van der Waals surface area contributed by atoms with E-state index in [-0.39, 0.29) is 5.69 Å². The average molecular weight is 369 g/mol. The number of nitro groups is 1. The van der Waals surface area contributed by atoms with Crippen molar-refractivity contribution in [2.75, 3.05) is 0 Å².